The Morgan fingerprint density at radius 3 is 2.00 bits per heavy atom. The molecule has 1 unspecified atom stereocenters. The SMILES string of the molecule is CCC(Cl)C[C@@](C)(Cl)NCCSCCN1C(=O)c2ccccc2C12c1ccc(N(CC)CC)cc1Oc1cc(N(CC)CC)ccc12. The summed E-state index contributed by atoms with van der Waals surface area (Å²) >= 11 is 14.9. The van der Waals surface area contributed by atoms with Crippen LogP contribution in [0.5, 0.6) is 11.5 Å². The molecule has 47 heavy (non-hydrogen) atoms. The van der Waals surface area contributed by atoms with E-state index in [0.717, 1.165) is 95.8 Å². The van der Waals surface area contributed by atoms with Crippen molar-refractivity contribution in [1.29, 1.82) is 0 Å². The van der Waals surface area contributed by atoms with E-state index in [-0.39, 0.29) is 11.3 Å². The van der Waals surface area contributed by atoms with E-state index in [1.54, 1.807) is 0 Å². The quantitative estimate of drug-likeness (QED) is 0.0917. The Bertz CT molecular complexity index is 1480. The average molecular weight is 698 g/mol. The van der Waals surface area contributed by atoms with Crippen molar-refractivity contribution in [3.63, 3.8) is 0 Å². The molecular weight excluding hydrogens is 647 g/mol. The van der Waals surface area contributed by atoms with E-state index in [4.69, 9.17) is 27.9 Å². The zero-order chi connectivity index (χ0) is 33.8. The lowest BCUT2D eigenvalue weighted by atomic mass is 9.74. The van der Waals surface area contributed by atoms with Crippen LogP contribution in [0.3, 0.4) is 0 Å². The van der Waals surface area contributed by atoms with Crippen LogP contribution in [0.1, 0.15) is 81.4 Å². The van der Waals surface area contributed by atoms with Crippen LogP contribution in [-0.2, 0) is 5.54 Å². The molecule has 3 aromatic carbocycles. The maximum Gasteiger partial charge on any atom is 0.255 e. The molecule has 2 aliphatic rings. The van der Waals surface area contributed by atoms with Crippen LogP contribution in [-0.4, -0.2) is 72.0 Å². The summed E-state index contributed by atoms with van der Waals surface area (Å²) in [6, 6.07) is 21.2. The molecule has 1 N–H and O–H groups in total. The van der Waals surface area contributed by atoms with Gasteiger partial charge in [0.1, 0.15) is 17.0 Å². The molecule has 0 bridgehead atoms. The third kappa shape index (κ3) is 6.96. The van der Waals surface area contributed by atoms with E-state index in [0.29, 0.717) is 13.0 Å². The van der Waals surface area contributed by atoms with Gasteiger partial charge in [-0.1, -0.05) is 37.3 Å². The third-order valence-corrected chi connectivity index (χ3v) is 11.3. The van der Waals surface area contributed by atoms with Gasteiger partial charge >= 0.3 is 0 Å². The number of alkyl halides is 2. The number of anilines is 2. The van der Waals surface area contributed by atoms with Crippen molar-refractivity contribution in [3.05, 3.63) is 82.9 Å². The Balaban J connectivity index is 1.53. The Kier molecular flexibility index (Phi) is 11.6. The molecular formula is C38H50Cl2N4O2S. The van der Waals surface area contributed by atoms with Crippen LogP contribution in [0.25, 0.3) is 0 Å². The fourth-order valence-corrected chi connectivity index (χ4v) is 8.61. The summed E-state index contributed by atoms with van der Waals surface area (Å²) in [6.07, 6.45) is 1.59. The van der Waals surface area contributed by atoms with Gasteiger partial charge in [0, 0.05) is 96.3 Å². The van der Waals surface area contributed by atoms with Crippen LogP contribution in [0, 0.1) is 0 Å². The minimum absolute atomic E-state index is 0.0491. The first-order valence-electron chi connectivity index (χ1n) is 17.2. The molecule has 1 amide bonds. The molecule has 0 saturated heterocycles. The van der Waals surface area contributed by atoms with E-state index in [2.05, 4.69) is 97.1 Å². The molecule has 3 aromatic rings. The van der Waals surface area contributed by atoms with Crippen molar-refractivity contribution in [2.45, 2.75) is 70.3 Å². The van der Waals surface area contributed by atoms with Gasteiger partial charge < -0.3 is 19.4 Å². The number of hydrogen-bond donors (Lipinski definition) is 1. The van der Waals surface area contributed by atoms with E-state index in [1.165, 1.54) is 0 Å². The number of halogens is 2. The summed E-state index contributed by atoms with van der Waals surface area (Å²) in [4.78, 5) is 20.6. The van der Waals surface area contributed by atoms with Crippen molar-refractivity contribution in [2.24, 2.45) is 0 Å². The fraction of sp³-hybridized carbons (Fsp3) is 0.500. The molecule has 2 heterocycles. The molecule has 6 nitrogen and oxygen atoms in total. The molecule has 2 aliphatic heterocycles. The van der Waals surface area contributed by atoms with Gasteiger partial charge in [-0.2, -0.15) is 11.8 Å². The summed E-state index contributed by atoms with van der Waals surface area (Å²) in [6.45, 7) is 17.7. The smallest absolute Gasteiger partial charge is 0.255 e. The summed E-state index contributed by atoms with van der Waals surface area (Å²) in [5.74, 6) is 3.32. The third-order valence-electron chi connectivity index (χ3n) is 9.63. The lowest BCUT2D eigenvalue weighted by Gasteiger charge is -2.45. The summed E-state index contributed by atoms with van der Waals surface area (Å²) < 4.78 is 6.82. The lowest BCUT2D eigenvalue weighted by Crippen LogP contribution is -2.48. The second-order valence-corrected chi connectivity index (χ2v) is 15.1. The van der Waals surface area contributed by atoms with Crippen LogP contribution >= 0.6 is 35.0 Å². The highest BCUT2D eigenvalue weighted by Crippen LogP contribution is 2.58. The summed E-state index contributed by atoms with van der Waals surface area (Å²) in [5.41, 5.74) is 5.21. The lowest BCUT2D eigenvalue weighted by molar-refractivity contribution is 0.0682. The average Bonchev–Trinajstić information content (AvgIpc) is 3.31. The topological polar surface area (TPSA) is 48.1 Å². The number of amides is 1. The second kappa shape index (κ2) is 15.3. The minimum Gasteiger partial charge on any atom is -0.456 e. The Labute approximate surface area is 296 Å². The highest BCUT2D eigenvalue weighted by Gasteiger charge is 2.56. The molecule has 0 aromatic heterocycles. The Hall–Kier alpha value is -2.58. The first-order valence-corrected chi connectivity index (χ1v) is 19.2. The predicted octanol–water partition coefficient (Wildman–Crippen LogP) is 8.92. The zero-order valence-electron chi connectivity index (χ0n) is 28.7. The number of ether oxygens (including phenoxy) is 1. The van der Waals surface area contributed by atoms with Crippen LogP contribution < -0.4 is 19.9 Å². The first-order chi connectivity index (χ1) is 22.6. The molecule has 9 heteroatoms. The maximum atomic E-state index is 14.4. The molecule has 254 valence electrons. The zero-order valence-corrected chi connectivity index (χ0v) is 31.1. The van der Waals surface area contributed by atoms with Crippen molar-refractivity contribution < 1.29 is 9.53 Å². The van der Waals surface area contributed by atoms with Crippen molar-refractivity contribution >= 4 is 52.2 Å². The molecule has 0 fully saturated rings. The van der Waals surface area contributed by atoms with Crippen LogP contribution in [0.15, 0.2) is 60.7 Å². The molecule has 0 saturated carbocycles. The molecule has 5 rings (SSSR count). The largest absolute Gasteiger partial charge is 0.456 e. The normalized spacial score (nSPS) is 16.3. The molecule has 0 aliphatic carbocycles. The van der Waals surface area contributed by atoms with E-state index in [9.17, 15) is 4.79 Å². The van der Waals surface area contributed by atoms with Gasteiger partial charge in [-0.05, 0) is 71.2 Å². The number of nitrogens with one attached hydrogen (secondary N) is 1. The standard InChI is InChI=1S/C38H50Cl2N4O2S/c1-7-27(39)26-37(6,40)41-20-22-47-23-21-44-36(45)30-14-12-13-15-31(30)38(44)32-18-16-28(42(8-2)9-3)24-34(32)46-35-25-29(17-19-33(35)38)43(10-4)11-5/h12-19,24-25,27,41H,7-11,20-23,26H2,1-6H3/t27?,37-/m0/s1. The number of carbonyl (C=O) groups excluding carboxylic acids is 1. The van der Waals surface area contributed by atoms with Crippen LogP contribution in [0.4, 0.5) is 11.4 Å². The Morgan fingerprint density at radius 2 is 1.45 bits per heavy atom. The number of thioether (sulfide) groups is 1. The minimum atomic E-state index is -0.802. The number of nitrogens with zero attached hydrogens (tertiary/aromatic N) is 3. The number of rotatable bonds is 16. The highest BCUT2D eigenvalue weighted by atomic mass is 35.5. The highest BCUT2D eigenvalue weighted by molar-refractivity contribution is 7.99. The van der Waals surface area contributed by atoms with E-state index in [1.807, 2.05) is 36.9 Å². The number of carbonyl (C=O) groups is 1. The molecule has 0 radical (unpaired) electrons. The van der Waals surface area contributed by atoms with Gasteiger partial charge in [0.25, 0.3) is 5.91 Å². The van der Waals surface area contributed by atoms with Crippen LogP contribution in [0.2, 0.25) is 0 Å². The van der Waals surface area contributed by atoms with Gasteiger partial charge in [-0.15, -0.1) is 23.2 Å². The van der Waals surface area contributed by atoms with Gasteiger partial charge in [0.15, 0.2) is 0 Å². The van der Waals surface area contributed by atoms with Gasteiger partial charge in [0.05, 0.1) is 5.00 Å². The van der Waals surface area contributed by atoms with Gasteiger partial charge in [-0.3, -0.25) is 10.1 Å². The van der Waals surface area contributed by atoms with Crippen molar-refractivity contribution in [2.75, 3.05) is 60.6 Å². The maximum absolute atomic E-state index is 14.4. The predicted molar refractivity (Wildman–Crippen MR) is 202 cm³/mol. The first kappa shape index (κ1) is 35.7. The summed E-state index contributed by atoms with van der Waals surface area (Å²) in [5, 5.41) is 3.51. The number of hydrogen-bond acceptors (Lipinski definition) is 6. The number of benzene rings is 3. The molecule has 2 atom stereocenters. The fourth-order valence-electron chi connectivity index (χ4n) is 7.18. The van der Waals surface area contributed by atoms with E-state index < -0.39 is 10.5 Å². The molecule has 1 spiro atoms. The van der Waals surface area contributed by atoms with Gasteiger partial charge in [-0.25, -0.2) is 0 Å². The Morgan fingerprint density at radius 1 is 0.872 bits per heavy atom. The van der Waals surface area contributed by atoms with Gasteiger partial charge in [0.2, 0.25) is 0 Å². The van der Waals surface area contributed by atoms with Crippen molar-refractivity contribution in [1.82, 2.24) is 10.2 Å². The second-order valence-electron chi connectivity index (χ2n) is 12.5. The van der Waals surface area contributed by atoms with Crippen molar-refractivity contribution in [3.8, 4) is 11.5 Å². The summed E-state index contributed by atoms with van der Waals surface area (Å²) in [7, 11) is 0. The monoisotopic (exact) mass is 696 g/mol. The number of fused-ring (bicyclic) bond motifs is 6. The van der Waals surface area contributed by atoms with E-state index >= 15 is 0 Å².